The van der Waals surface area contributed by atoms with Gasteiger partial charge in [-0.25, -0.2) is 0 Å². The van der Waals surface area contributed by atoms with Gasteiger partial charge in [-0.15, -0.1) is 0 Å². The third-order valence-electron chi connectivity index (χ3n) is 11.9. The fraction of sp³-hybridized carbons (Fsp3) is 0.0741. The fourth-order valence-electron chi connectivity index (χ4n) is 8.89. The number of rotatable bonds is 6. The van der Waals surface area contributed by atoms with Gasteiger partial charge >= 0.3 is 0 Å². The molecule has 0 saturated heterocycles. The summed E-state index contributed by atoms with van der Waals surface area (Å²) in [7, 11) is 0. The first-order valence-electron chi connectivity index (χ1n) is 19.8. The molecule has 0 radical (unpaired) electrons. The van der Waals surface area contributed by atoms with Gasteiger partial charge in [0.2, 0.25) is 0 Å². The number of benzene rings is 9. The van der Waals surface area contributed by atoms with E-state index < -0.39 is 0 Å². The number of aromatic nitrogens is 1. The van der Waals surface area contributed by atoms with Gasteiger partial charge in [-0.1, -0.05) is 101 Å². The molecular formula is C54H41N3. The van der Waals surface area contributed by atoms with E-state index in [-0.39, 0.29) is 0 Å². The zero-order valence-corrected chi connectivity index (χ0v) is 32.6. The van der Waals surface area contributed by atoms with Crippen molar-refractivity contribution in [2.45, 2.75) is 27.7 Å². The number of nitrogens with zero attached hydrogens (tertiary/aromatic N) is 3. The van der Waals surface area contributed by atoms with Crippen molar-refractivity contribution < 1.29 is 0 Å². The normalized spacial score (nSPS) is 11.9. The van der Waals surface area contributed by atoms with Crippen molar-refractivity contribution in [1.29, 1.82) is 0 Å². The molecule has 0 bridgehead atoms. The predicted octanol–water partition coefficient (Wildman–Crippen LogP) is 15.3. The van der Waals surface area contributed by atoms with E-state index in [0.717, 1.165) is 34.1 Å². The van der Waals surface area contributed by atoms with Crippen molar-refractivity contribution in [3.05, 3.63) is 198 Å². The maximum Gasteiger partial charge on any atom is 0.0620 e. The fourth-order valence-corrected chi connectivity index (χ4v) is 8.89. The minimum Gasteiger partial charge on any atom is -0.310 e. The Kier molecular flexibility index (Phi) is 7.42. The smallest absolute Gasteiger partial charge is 0.0620 e. The monoisotopic (exact) mass is 731 g/mol. The van der Waals surface area contributed by atoms with E-state index in [4.69, 9.17) is 0 Å². The Hall–Kier alpha value is -7.10. The standard InChI is InChI=1S/C54H41N3/c1-34-8-18-42(19-9-34)55(43-20-10-35(2)11-21-43)46-26-16-38-30-50-48-6-5-7-49-51-31-39-17-27-47(29-41(39)33-53(51)57(54(48)49)52(50)32-40(38)28-46)56(44-22-12-36(3)13-23-44)45-24-14-37(4)15-25-45/h5-33H,1-4H3. The van der Waals surface area contributed by atoms with Crippen LogP contribution in [-0.2, 0) is 0 Å². The summed E-state index contributed by atoms with van der Waals surface area (Å²) in [4.78, 5) is 4.73. The minimum atomic E-state index is 1.14. The van der Waals surface area contributed by atoms with Crippen molar-refractivity contribution in [1.82, 2.24) is 4.40 Å². The molecule has 3 heteroatoms. The van der Waals surface area contributed by atoms with E-state index in [9.17, 15) is 0 Å². The lowest BCUT2D eigenvalue weighted by molar-refractivity contribution is 1.27. The molecule has 0 aliphatic heterocycles. The molecule has 0 fully saturated rings. The largest absolute Gasteiger partial charge is 0.310 e. The summed E-state index contributed by atoms with van der Waals surface area (Å²) in [5, 5.41) is 10.1. The van der Waals surface area contributed by atoms with Gasteiger partial charge < -0.3 is 14.2 Å². The summed E-state index contributed by atoms with van der Waals surface area (Å²) in [6.45, 7) is 8.57. The number of fused-ring (bicyclic) bond motifs is 8. The highest BCUT2D eigenvalue weighted by Crippen LogP contribution is 2.44. The molecule has 0 amide bonds. The van der Waals surface area contributed by atoms with Gasteiger partial charge in [0.25, 0.3) is 0 Å². The van der Waals surface area contributed by atoms with Crippen LogP contribution in [0.4, 0.5) is 34.1 Å². The molecule has 3 nitrogen and oxygen atoms in total. The van der Waals surface area contributed by atoms with Crippen molar-refractivity contribution in [2.24, 2.45) is 0 Å². The Morgan fingerprint density at radius 1 is 0.298 bits per heavy atom. The van der Waals surface area contributed by atoms with Crippen LogP contribution in [0.2, 0.25) is 0 Å². The SMILES string of the molecule is Cc1ccc(N(c2ccc(C)cc2)c2ccc3cc4c5cccc6c7cc8ccc(N(c9ccc(C)cc9)c9ccc(C)cc9)cc8cc7n(c4cc3c2)c56)cc1. The lowest BCUT2D eigenvalue weighted by Crippen LogP contribution is -2.09. The average Bonchev–Trinajstić information content (AvgIpc) is 3.73. The van der Waals surface area contributed by atoms with Crippen LogP contribution in [0.3, 0.4) is 0 Å². The summed E-state index contributed by atoms with van der Waals surface area (Å²) in [5.74, 6) is 0. The lowest BCUT2D eigenvalue weighted by Gasteiger charge is -2.26. The van der Waals surface area contributed by atoms with Gasteiger partial charge in [-0.3, -0.25) is 0 Å². The number of para-hydroxylation sites is 1. The van der Waals surface area contributed by atoms with Crippen LogP contribution in [0.1, 0.15) is 22.3 Å². The molecule has 0 spiro atoms. The summed E-state index contributed by atoms with van der Waals surface area (Å²) in [6, 6.07) is 65.5. The highest BCUT2D eigenvalue weighted by molar-refractivity contribution is 6.26. The summed E-state index contributed by atoms with van der Waals surface area (Å²) < 4.78 is 2.52. The molecule has 0 aliphatic rings. The van der Waals surface area contributed by atoms with Crippen LogP contribution in [0.15, 0.2) is 176 Å². The van der Waals surface area contributed by atoms with Gasteiger partial charge in [0.15, 0.2) is 0 Å². The van der Waals surface area contributed by atoms with Crippen molar-refractivity contribution in [2.75, 3.05) is 9.80 Å². The van der Waals surface area contributed by atoms with Gasteiger partial charge in [0.05, 0.1) is 16.6 Å². The summed E-state index contributed by atoms with van der Waals surface area (Å²) >= 11 is 0. The van der Waals surface area contributed by atoms with E-state index in [0.29, 0.717) is 0 Å². The quantitative estimate of drug-likeness (QED) is 0.169. The maximum absolute atomic E-state index is 2.52. The maximum atomic E-state index is 2.52. The van der Waals surface area contributed by atoms with Crippen LogP contribution in [0.5, 0.6) is 0 Å². The summed E-state index contributed by atoms with van der Waals surface area (Å²) in [5.41, 5.74) is 15.6. The highest BCUT2D eigenvalue weighted by Gasteiger charge is 2.20. The van der Waals surface area contributed by atoms with Crippen LogP contribution < -0.4 is 9.80 Å². The Morgan fingerprint density at radius 2 is 0.632 bits per heavy atom. The minimum absolute atomic E-state index is 1.14. The predicted molar refractivity (Wildman–Crippen MR) is 244 cm³/mol. The first-order chi connectivity index (χ1) is 27.9. The molecule has 0 N–H and O–H groups in total. The molecule has 2 heterocycles. The second-order valence-corrected chi connectivity index (χ2v) is 15.9. The molecule has 272 valence electrons. The van der Waals surface area contributed by atoms with Crippen LogP contribution in [0, 0.1) is 27.7 Å². The second-order valence-electron chi connectivity index (χ2n) is 15.9. The zero-order chi connectivity index (χ0) is 38.4. The number of anilines is 6. The third-order valence-corrected chi connectivity index (χ3v) is 11.9. The van der Waals surface area contributed by atoms with E-state index in [1.165, 1.54) is 81.9 Å². The molecule has 11 aromatic rings. The molecule has 0 atom stereocenters. The Labute approximate surface area is 332 Å². The van der Waals surface area contributed by atoms with E-state index in [1.54, 1.807) is 0 Å². The highest BCUT2D eigenvalue weighted by atomic mass is 15.1. The van der Waals surface area contributed by atoms with Crippen LogP contribution >= 0.6 is 0 Å². The number of hydrogen-bond donors (Lipinski definition) is 0. The molecule has 9 aromatic carbocycles. The van der Waals surface area contributed by atoms with Crippen LogP contribution in [-0.4, -0.2) is 4.40 Å². The average molecular weight is 732 g/mol. The molecule has 11 rings (SSSR count). The molecule has 57 heavy (non-hydrogen) atoms. The van der Waals surface area contributed by atoms with E-state index in [1.807, 2.05) is 0 Å². The molecule has 0 aliphatic carbocycles. The van der Waals surface area contributed by atoms with Crippen molar-refractivity contribution in [3.63, 3.8) is 0 Å². The molecule has 2 aromatic heterocycles. The Morgan fingerprint density at radius 3 is 0.982 bits per heavy atom. The van der Waals surface area contributed by atoms with Gasteiger partial charge in [-0.05, 0) is 146 Å². The van der Waals surface area contributed by atoms with Gasteiger partial charge in [0, 0.05) is 55.7 Å². The van der Waals surface area contributed by atoms with Gasteiger partial charge in [0.1, 0.15) is 0 Å². The van der Waals surface area contributed by atoms with E-state index in [2.05, 4.69) is 218 Å². The van der Waals surface area contributed by atoms with Gasteiger partial charge in [-0.2, -0.15) is 0 Å². The number of hydrogen-bond acceptors (Lipinski definition) is 2. The molecule has 0 unspecified atom stereocenters. The van der Waals surface area contributed by atoms with Crippen molar-refractivity contribution >= 4 is 93.8 Å². The zero-order valence-electron chi connectivity index (χ0n) is 32.6. The summed E-state index contributed by atoms with van der Waals surface area (Å²) in [6.07, 6.45) is 0. The molecule has 0 saturated carbocycles. The van der Waals surface area contributed by atoms with E-state index >= 15 is 0 Å². The lowest BCUT2D eigenvalue weighted by atomic mass is 10.0. The third kappa shape index (κ3) is 5.42. The van der Waals surface area contributed by atoms with Crippen LogP contribution in [0.25, 0.3) is 59.6 Å². The molecular weight excluding hydrogens is 691 g/mol. The topological polar surface area (TPSA) is 10.9 Å². The second kappa shape index (κ2) is 12.7. The number of aryl methyl sites for hydroxylation is 4. The first kappa shape index (κ1) is 33.3. The Balaban J connectivity index is 1.11. The van der Waals surface area contributed by atoms with Crippen molar-refractivity contribution in [3.8, 4) is 0 Å². The first-order valence-corrected chi connectivity index (χ1v) is 19.8. The Bertz CT molecular complexity index is 2990.